The maximum Gasteiger partial charge on any atom is 0.278 e. The second-order valence-electron chi connectivity index (χ2n) is 5.78. The molecule has 0 saturated carbocycles. The Kier molecular flexibility index (Phi) is 4.55. The zero-order chi connectivity index (χ0) is 17.1. The Hall–Kier alpha value is -2.76. The van der Waals surface area contributed by atoms with Crippen molar-refractivity contribution in [2.45, 2.75) is 25.8 Å². The summed E-state index contributed by atoms with van der Waals surface area (Å²) in [7, 11) is 2.98. The molecule has 1 aliphatic carbocycles. The minimum atomic E-state index is -0.401. The highest BCUT2D eigenvalue weighted by Crippen LogP contribution is 2.35. The van der Waals surface area contributed by atoms with Crippen LogP contribution in [0.25, 0.3) is 0 Å². The molecular weight excluding hydrogens is 308 g/mol. The molecule has 2 aromatic rings. The molecule has 0 fully saturated rings. The van der Waals surface area contributed by atoms with E-state index in [2.05, 4.69) is 17.4 Å². The largest absolute Gasteiger partial charge is 0.493 e. The summed E-state index contributed by atoms with van der Waals surface area (Å²) in [5.41, 5.74) is 4.30. The molecule has 1 N–H and O–H groups in total. The van der Waals surface area contributed by atoms with Crippen molar-refractivity contribution in [1.82, 2.24) is 0 Å². The van der Waals surface area contributed by atoms with Crippen molar-refractivity contribution in [2.24, 2.45) is 0 Å². The molecule has 6 heteroatoms. The molecule has 0 bridgehead atoms. The van der Waals surface area contributed by atoms with Gasteiger partial charge in [-0.25, -0.2) is 0 Å². The third-order valence-corrected chi connectivity index (χ3v) is 4.36. The number of hydrogen-bond acceptors (Lipinski definition) is 5. The van der Waals surface area contributed by atoms with E-state index < -0.39 is 4.92 Å². The van der Waals surface area contributed by atoms with Gasteiger partial charge in [-0.2, -0.15) is 0 Å². The maximum absolute atomic E-state index is 11.3. The summed E-state index contributed by atoms with van der Waals surface area (Å²) in [6.45, 7) is 0.343. The molecule has 0 aromatic heterocycles. The SMILES string of the molecule is COc1cc(CNc2ccc3c(c2)CCC3)c([N+](=O)[O-])cc1OC. The van der Waals surface area contributed by atoms with E-state index in [4.69, 9.17) is 9.47 Å². The van der Waals surface area contributed by atoms with E-state index in [0.717, 1.165) is 18.5 Å². The Morgan fingerprint density at radius 1 is 1.08 bits per heavy atom. The number of ether oxygens (including phenoxy) is 2. The lowest BCUT2D eigenvalue weighted by Gasteiger charge is -2.12. The van der Waals surface area contributed by atoms with E-state index >= 15 is 0 Å². The Balaban J connectivity index is 1.84. The fourth-order valence-electron chi connectivity index (χ4n) is 3.10. The lowest BCUT2D eigenvalue weighted by Crippen LogP contribution is -2.05. The van der Waals surface area contributed by atoms with Crippen LogP contribution in [0.15, 0.2) is 30.3 Å². The van der Waals surface area contributed by atoms with E-state index in [1.165, 1.54) is 37.8 Å². The fraction of sp³-hybridized carbons (Fsp3) is 0.333. The zero-order valence-electron chi connectivity index (χ0n) is 13.8. The van der Waals surface area contributed by atoms with Gasteiger partial charge in [-0.15, -0.1) is 0 Å². The molecule has 3 rings (SSSR count). The Bertz CT molecular complexity index is 774. The number of anilines is 1. The third kappa shape index (κ3) is 3.13. The van der Waals surface area contributed by atoms with Crippen LogP contribution in [0, 0.1) is 10.1 Å². The average Bonchev–Trinajstić information content (AvgIpc) is 3.06. The van der Waals surface area contributed by atoms with E-state index in [-0.39, 0.29) is 5.69 Å². The van der Waals surface area contributed by atoms with Crippen molar-refractivity contribution in [1.29, 1.82) is 0 Å². The van der Waals surface area contributed by atoms with Gasteiger partial charge < -0.3 is 14.8 Å². The summed E-state index contributed by atoms with van der Waals surface area (Å²) in [5, 5.41) is 14.6. The van der Waals surface area contributed by atoms with Crippen LogP contribution in [-0.2, 0) is 19.4 Å². The molecule has 6 nitrogen and oxygen atoms in total. The summed E-state index contributed by atoms with van der Waals surface area (Å²) in [4.78, 5) is 10.9. The van der Waals surface area contributed by atoms with E-state index in [9.17, 15) is 10.1 Å². The molecular formula is C18H20N2O4. The quantitative estimate of drug-likeness (QED) is 0.646. The minimum Gasteiger partial charge on any atom is -0.493 e. The predicted octanol–water partition coefficient (Wildman–Crippen LogP) is 3.71. The van der Waals surface area contributed by atoms with E-state index in [1.54, 1.807) is 6.07 Å². The minimum absolute atomic E-state index is 0.0151. The van der Waals surface area contributed by atoms with Gasteiger partial charge in [0.05, 0.1) is 30.8 Å². The molecule has 0 saturated heterocycles. The first kappa shape index (κ1) is 16.1. The first-order valence-electron chi connectivity index (χ1n) is 7.87. The standard InChI is InChI=1S/C18H20N2O4/c1-23-17-9-14(16(20(21)22)10-18(17)24-2)11-19-15-7-6-12-4-3-5-13(12)8-15/h6-10,19H,3-5,11H2,1-2H3. The number of fused-ring (bicyclic) bond motifs is 1. The highest BCUT2D eigenvalue weighted by atomic mass is 16.6. The van der Waals surface area contributed by atoms with Crippen molar-refractivity contribution in [3.63, 3.8) is 0 Å². The summed E-state index contributed by atoms with van der Waals surface area (Å²) >= 11 is 0. The van der Waals surface area contributed by atoms with Crippen LogP contribution in [0.2, 0.25) is 0 Å². The molecule has 0 amide bonds. The Labute approximate surface area is 140 Å². The summed E-state index contributed by atoms with van der Waals surface area (Å²) in [6, 6.07) is 9.34. The van der Waals surface area contributed by atoms with Gasteiger partial charge in [-0.1, -0.05) is 6.07 Å². The molecule has 0 atom stereocenters. The second kappa shape index (κ2) is 6.78. The van der Waals surface area contributed by atoms with Gasteiger partial charge in [0.25, 0.3) is 5.69 Å². The van der Waals surface area contributed by atoms with Crippen LogP contribution in [0.5, 0.6) is 11.5 Å². The van der Waals surface area contributed by atoms with Crippen LogP contribution in [0.4, 0.5) is 11.4 Å². The molecule has 126 valence electrons. The van der Waals surface area contributed by atoms with Crippen molar-refractivity contribution in [3.05, 3.63) is 57.1 Å². The molecule has 0 aliphatic heterocycles. The maximum atomic E-state index is 11.3. The number of aryl methyl sites for hydroxylation is 2. The molecule has 1 aliphatic rings. The topological polar surface area (TPSA) is 73.6 Å². The van der Waals surface area contributed by atoms with Gasteiger partial charge in [0.1, 0.15) is 0 Å². The van der Waals surface area contributed by atoms with Gasteiger partial charge in [-0.05, 0) is 48.6 Å². The van der Waals surface area contributed by atoms with Crippen molar-refractivity contribution < 1.29 is 14.4 Å². The summed E-state index contributed by atoms with van der Waals surface area (Å²) < 4.78 is 10.4. The molecule has 24 heavy (non-hydrogen) atoms. The third-order valence-electron chi connectivity index (χ3n) is 4.36. The van der Waals surface area contributed by atoms with Crippen LogP contribution in [0.3, 0.4) is 0 Å². The molecule has 0 spiro atoms. The van der Waals surface area contributed by atoms with Crippen molar-refractivity contribution in [3.8, 4) is 11.5 Å². The summed E-state index contributed by atoms with van der Waals surface area (Å²) in [5.74, 6) is 0.833. The number of rotatable bonds is 6. The van der Waals surface area contributed by atoms with Crippen LogP contribution < -0.4 is 14.8 Å². The number of nitro benzene ring substituents is 1. The average molecular weight is 328 g/mol. The number of nitrogens with zero attached hydrogens (tertiary/aromatic N) is 1. The highest BCUT2D eigenvalue weighted by molar-refractivity contribution is 5.56. The number of benzene rings is 2. The van der Waals surface area contributed by atoms with E-state index in [0.29, 0.717) is 23.6 Å². The van der Waals surface area contributed by atoms with Crippen LogP contribution >= 0.6 is 0 Å². The van der Waals surface area contributed by atoms with Gasteiger partial charge in [0.15, 0.2) is 11.5 Å². The van der Waals surface area contributed by atoms with Crippen LogP contribution in [0.1, 0.15) is 23.1 Å². The Morgan fingerprint density at radius 3 is 2.50 bits per heavy atom. The van der Waals surface area contributed by atoms with E-state index in [1.807, 2.05) is 6.07 Å². The lowest BCUT2D eigenvalue weighted by molar-refractivity contribution is -0.385. The van der Waals surface area contributed by atoms with Gasteiger partial charge in [-0.3, -0.25) is 10.1 Å². The normalized spacial score (nSPS) is 12.6. The Morgan fingerprint density at radius 2 is 1.79 bits per heavy atom. The summed E-state index contributed by atoms with van der Waals surface area (Å²) in [6.07, 6.45) is 3.43. The first-order chi connectivity index (χ1) is 11.6. The predicted molar refractivity (Wildman–Crippen MR) is 92.0 cm³/mol. The van der Waals surface area contributed by atoms with Gasteiger partial charge in [0.2, 0.25) is 0 Å². The number of nitro groups is 1. The first-order valence-corrected chi connectivity index (χ1v) is 7.87. The second-order valence-corrected chi connectivity index (χ2v) is 5.78. The monoisotopic (exact) mass is 328 g/mol. The number of nitrogens with one attached hydrogen (secondary N) is 1. The lowest BCUT2D eigenvalue weighted by atomic mass is 10.1. The van der Waals surface area contributed by atoms with Crippen molar-refractivity contribution >= 4 is 11.4 Å². The molecule has 0 heterocycles. The fourth-order valence-corrected chi connectivity index (χ4v) is 3.10. The smallest absolute Gasteiger partial charge is 0.278 e. The molecule has 0 unspecified atom stereocenters. The van der Waals surface area contributed by atoms with Gasteiger partial charge in [0, 0.05) is 12.2 Å². The molecule has 0 radical (unpaired) electrons. The highest BCUT2D eigenvalue weighted by Gasteiger charge is 2.19. The van der Waals surface area contributed by atoms with Gasteiger partial charge >= 0.3 is 0 Å². The van der Waals surface area contributed by atoms with Crippen molar-refractivity contribution in [2.75, 3.05) is 19.5 Å². The number of hydrogen-bond donors (Lipinski definition) is 1. The number of methoxy groups -OCH3 is 2. The van der Waals surface area contributed by atoms with Crippen LogP contribution in [-0.4, -0.2) is 19.1 Å². The zero-order valence-corrected chi connectivity index (χ0v) is 13.8. The molecule has 2 aromatic carbocycles.